The molecule has 1 N–H and O–H groups in total. The Morgan fingerprint density at radius 2 is 1.85 bits per heavy atom. The molecule has 0 saturated carbocycles. The maximum atomic E-state index is 12.9. The first-order chi connectivity index (χ1) is 9.30. The Balaban J connectivity index is 3.13. The molecule has 116 valence electrons. The summed E-state index contributed by atoms with van der Waals surface area (Å²) in [4.78, 5) is 27.1. The second kappa shape index (κ2) is 6.59. The standard InChI is InChI=1S/C16H30N2O2/c1-7-10-16(5,6)18-12(9-3)14(19)17-13(15(18)20)11(4)8-2/h11-13H,7-10H2,1-6H3,(H,17,19). The fourth-order valence-corrected chi connectivity index (χ4v) is 3.17. The minimum absolute atomic E-state index is 0.00146. The number of carbonyl (C=O) groups is 2. The molecule has 20 heavy (non-hydrogen) atoms. The first kappa shape index (κ1) is 17.0. The monoisotopic (exact) mass is 282 g/mol. The molecule has 0 spiro atoms. The van der Waals surface area contributed by atoms with Crippen LogP contribution >= 0.6 is 0 Å². The Hall–Kier alpha value is -1.06. The van der Waals surface area contributed by atoms with Crippen LogP contribution in [-0.2, 0) is 9.59 Å². The van der Waals surface area contributed by atoms with Gasteiger partial charge in [-0.3, -0.25) is 9.59 Å². The summed E-state index contributed by atoms with van der Waals surface area (Å²) in [5.41, 5.74) is -0.268. The Kier molecular flexibility index (Phi) is 5.60. The molecule has 1 aliphatic heterocycles. The van der Waals surface area contributed by atoms with Gasteiger partial charge in [0.1, 0.15) is 12.1 Å². The third-order valence-electron chi connectivity index (χ3n) is 4.53. The number of nitrogens with one attached hydrogen (secondary N) is 1. The van der Waals surface area contributed by atoms with Gasteiger partial charge in [-0.05, 0) is 32.6 Å². The maximum absolute atomic E-state index is 12.9. The van der Waals surface area contributed by atoms with Crippen molar-refractivity contribution in [2.45, 2.75) is 84.8 Å². The van der Waals surface area contributed by atoms with Crippen molar-refractivity contribution in [1.82, 2.24) is 10.2 Å². The van der Waals surface area contributed by atoms with E-state index in [1.54, 1.807) is 0 Å². The zero-order chi connectivity index (χ0) is 15.5. The van der Waals surface area contributed by atoms with Gasteiger partial charge in [-0.15, -0.1) is 0 Å². The van der Waals surface area contributed by atoms with Crippen LogP contribution in [0.4, 0.5) is 0 Å². The highest BCUT2D eigenvalue weighted by Gasteiger charge is 2.46. The van der Waals surface area contributed by atoms with Crippen molar-refractivity contribution in [2.75, 3.05) is 0 Å². The molecular weight excluding hydrogens is 252 g/mol. The minimum atomic E-state index is -0.369. The lowest BCUT2D eigenvalue weighted by atomic mass is 9.87. The van der Waals surface area contributed by atoms with Crippen LogP contribution in [0.15, 0.2) is 0 Å². The average Bonchev–Trinajstić information content (AvgIpc) is 2.39. The smallest absolute Gasteiger partial charge is 0.246 e. The molecule has 0 aromatic carbocycles. The number of amides is 2. The maximum Gasteiger partial charge on any atom is 0.246 e. The number of hydrogen-bond acceptors (Lipinski definition) is 2. The summed E-state index contributed by atoms with van der Waals surface area (Å²) in [7, 11) is 0. The zero-order valence-corrected chi connectivity index (χ0v) is 13.8. The first-order valence-electron chi connectivity index (χ1n) is 7.93. The van der Waals surface area contributed by atoms with Crippen molar-refractivity contribution in [3.05, 3.63) is 0 Å². The molecule has 1 fully saturated rings. The molecule has 3 unspecified atom stereocenters. The van der Waals surface area contributed by atoms with E-state index >= 15 is 0 Å². The fourth-order valence-electron chi connectivity index (χ4n) is 3.17. The van der Waals surface area contributed by atoms with Crippen molar-refractivity contribution in [3.8, 4) is 0 Å². The number of rotatable bonds is 6. The van der Waals surface area contributed by atoms with Crippen LogP contribution in [0.2, 0.25) is 0 Å². The van der Waals surface area contributed by atoms with E-state index in [0.717, 1.165) is 19.3 Å². The zero-order valence-electron chi connectivity index (χ0n) is 13.8. The van der Waals surface area contributed by atoms with Gasteiger partial charge in [0.15, 0.2) is 0 Å². The largest absolute Gasteiger partial charge is 0.342 e. The van der Waals surface area contributed by atoms with Crippen molar-refractivity contribution >= 4 is 11.8 Å². The highest BCUT2D eigenvalue weighted by Crippen LogP contribution is 2.29. The van der Waals surface area contributed by atoms with Gasteiger partial charge in [-0.25, -0.2) is 0 Å². The summed E-state index contributed by atoms with van der Waals surface area (Å²) < 4.78 is 0. The van der Waals surface area contributed by atoms with Gasteiger partial charge in [-0.2, -0.15) is 0 Å². The summed E-state index contributed by atoms with van der Waals surface area (Å²) in [5, 5.41) is 2.93. The van der Waals surface area contributed by atoms with Crippen LogP contribution in [0.25, 0.3) is 0 Å². The van der Waals surface area contributed by atoms with Crippen molar-refractivity contribution in [2.24, 2.45) is 5.92 Å². The molecule has 0 aliphatic carbocycles. The van der Waals surface area contributed by atoms with Crippen LogP contribution in [0.3, 0.4) is 0 Å². The van der Waals surface area contributed by atoms with Crippen LogP contribution in [0.1, 0.15) is 67.2 Å². The molecule has 1 heterocycles. The number of nitrogens with zero attached hydrogens (tertiary/aromatic N) is 1. The van der Waals surface area contributed by atoms with Gasteiger partial charge in [0.2, 0.25) is 11.8 Å². The minimum Gasteiger partial charge on any atom is -0.342 e. The van der Waals surface area contributed by atoms with Crippen molar-refractivity contribution in [1.29, 1.82) is 0 Å². The van der Waals surface area contributed by atoms with E-state index in [2.05, 4.69) is 33.0 Å². The molecule has 0 aromatic heterocycles. The normalized spacial score (nSPS) is 25.6. The summed E-state index contributed by atoms with van der Waals surface area (Å²) in [5.74, 6) is 0.259. The molecule has 1 rings (SSSR count). The van der Waals surface area contributed by atoms with E-state index in [1.807, 2.05) is 18.7 Å². The second-order valence-electron chi connectivity index (χ2n) is 6.57. The molecule has 0 aromatic rings. The quantitative estimate of drug-likeness (QED) is 0.814. The molecular formula is C16H30N2O2. The fraction of sp³-hybridized carbons (Fsp3) is 0.875. The lowest BCUT2D eigenvalue weighted by Crippen LogP contribution is -2.69. The Bertz CT molecular complexity index is 365. The second-order valence-corrected chi connectivity index (χ2v) is 6.57. The average molecular weight is 282 g/mol. The molecule has 0 radical (unpaired) electrons. The Morgan fingerprint density at radius 3 is 2.30 bits per heavy atom. The molecule has 1 saturated heterocycles. The van der Waals surface area contributed by atoms with Gasteiger partial charge >= 0.3 is 0 Å². The Labute approximate surface area is 123 Å². The van der Waals surface area contributed by atoms with E-state index in [1.165, 1.54) is 0 Å². The van der Waals surface area contributed by atoms with E-state index in [9.17, 15) is 9.59 Å². The number of hydrogen-bond donors (Lipinski definition) is 1. The van der Waals surface area contributed by atoms with Crippen LogP contribution in [0, 0.1) is 5.92 Å². The summed E-state index contributed by atoms with van der Waals surface area (Å²) in [6, 6.07) is -0.698. The topological polar surface area (TPSA) is 49.4 Å². The third-order valence-corrected chi connectivity index (χ3v) is 4.53. The van der Waals surface area contributed by atoms with Crippen LogP contribution in [0.5, 0.6) is 0 Å². The predicted molar refractivity (Wildman–Crippen MR) is 81.3 cm³/mol. The van der Waals surface area contributed by atoms with Crippen LogP contribution in [-0.4, -0.2) is 34.3 Å². The number of carbonyl (C=O) groups excluding carboxylic acids is 2. The molecule has 4 heteroatoms. The summed E-state index contributed by atoms with van der Waals surface area (Å²) in [6.07, 6.45) is 3.46. The van der Waals surface area contributed by atoms with Gasteiger partial charge in [-0.1, -0.05) is 40.5 Å². The molecule has 1 aliphatic rings. The van der Waals surface area contributed by atoms with E-state index < -0.39 is 0 Å². The van der Waals surface area contributed by atoms with Gasteiger partial charge < -0.3 is 10.2 Å². The Morgan fingerprint density at radius 1 is 1.25 bits per heavy atom. The molecule has 0 bridgehead atoms. The highest BCUT2D eigenvalue weighted by molar-refractivity contribution is 5.97. The summed E-state index contributed by atoms with van der Waals surface area (Å²) >= 11 is 0. The molecule has 2 amide bonds. The van der Waals surface area contributed by atoms with Gasteiger partial charge in [0, 0.05) is 5.54 Å². The predicted octanol–water partition coefficient (Wildman–Crippen LogP) is 2.72. The van der Waals surface area contributed by atoms with Gasteiger partial charge in [0.05, 0.1) is 0 Å². The van der Waals surface area contributed by atoms with Crippen LogP contribution < -0.4 is 5.32 Å². The lowest BCUT2D eigenvalue weighted by molar-refractivity contribution is -0.158. The lowest BCUT2D eigenvalue weighted by Gasteiger charge is -2.48. The molecule has 4 nitrogen and oxygen atoms in total. The van der Waals surface area contributed by atoms with E-state index in [0.29, 0.717) is 6.42 Å². The van der Waals surface area contributed by atoms with Crippen molar-refractivity contribution in [3.63, 3.8) is 0 Å². The van der Waals surface area contributed by atoms with Gasteiger partial charge in [0.25, 0.3) is 0 Å². The highest BCUT2D eigenvalue weighted by atomic mass is 16.2. The number of piperazine rings is 1. The SMILES string of the molecule is CCCC(C)(C)N1C(=O)C(C(C)CC)NC(=O)C1CC. The van der Waals surface area contributed by atoms with E-state index in [-0.39, 0.29) is 35.4 Å². The third kappa shape index (κ3) is 3.15. The molecule has 3 atom stereocenters. The first-order valence-corrected chi connectivity index (χ1v) is 7.93. The van der Waals surface area contributed by atoms with E-state index in [4.69, 9.17) is 0 Å². The van der Waals surface area contributed by atoms with Crippen molar-refractivity contribution < 1.29 is 9.59 Å². The summed E-state index contributed by atoms with van der Waals surface area (Å²) in [6.45, 7) is 12.3.